The zero-order valence-corrected chi connectivity index (χ0v) is 17.0. The van der Waals surface area contributed by atoms with Gasteiger partial charge in [0.05, 0.1) is 12.2 Å². The summed E-state index contributed by atoms with van der Waals surface area (Å²) in [6, 6.07) is 7.97. The van der Waals surface area contributed by atoms with Crippen molar-refractivity contribution in [2.45, 2.75) is 50.5 Å². The molecule has 7 heteroatoms. The highest BCUT2D eigenvalue weighted by Gasteiger charge is 2.53. The van der Waals surface area contributed by atoms with Gasteiger partial charge in [-0.1, -0.05) is 12.1 Å². The summed E-state index contributed by atoms with van der Waals surface area (Å²) in [6.07, 6.45) is 4.78. The maximum Gasteiger partial charge on any atom is 0.253 e. The van der Waals surface area contributed by atoms with Crippen molar-refractivity contribution in [2.24, 2.45) is 16.8 Å². The van der Waals surface area contributed by atoms with E-state index < -0.39 is 0 Å². The quantitative estimate of drug-likeness (QED) is 0.599. The normalized spacial score (nSPS) is 33.2. The Bertz CT molecular complexity index is 774. The van der Waals surface area contributed by atoms with Crippen molar-refractivity contribution >= 4 is 17.6 Å². The Balaban J connectivity index is 1.17. The van der Waals surface area contributed by atoms with Crippen LogP contribution in [0.3, 0.4) is 0 Å². The predicted molar refractivity (Wildman–Crippen MR) is 111 cm³/mol. The molecule has 1 aromatic carbocycles. The zero-order chi connectivity index (χ0) is 19.8. The molecule has 4 saturated heterocycles. The molecule has 156 valence electrons. The molecule has 7 nitrogen and oxygen atoms in total. The Hall–Kier alpha value is -2.12. The summed E-state index contributed by atoms with van der Waals surface area (Å²) in [5.74, 6) is 2.21. The standard InChI is InChI=1S/C22H30N4O3/c1-23-22(26-12-16-17(13-26)19-8-7-18(16)29-19)24-11-14-4-2-5-15(10-14)25-21(27)20-6-3-9-28-20/h2,4-5,10,16-20H,3,6-9,11-13H2,1H3,(H,23,24)(H,25,27). The number of carbonyl (C=O) groups excluding carboxylic acids is 1. The molecule has 5 unspecified atom stereocenters. The van der Waals surface area contributed by atoms with Crippen LogP contribution in [0.5, 0.6) is 0 Å². The number of benzene rings is 1. The topological polar surface area (TPSA) is 75.2 Å². The lowest BCUT2D eigenvalue weighted by Crippen LogP contribution is -2.41. The first-order chi connectivity index (χ1) is 14.2. The number of hydrogen-bond donors (Lipinski definition) is 2. The van der Waals surface area contributed by atoms with E-state index >= 15 is 0 Å². The van der Waals surface area contributed by atoms with E-state index in [9.17, 15) is 4.79 Å². The molecule has 4 aliphatic heterocycles. The third-order valence-electron chi connectivity index (χ3n) is 6.83. The zero-order valence-electron chi connectivity index (χ0n) is 17.0. The molecule has 2 N–H and O–H groups in total. The smallest absolute Gasteiger partial charge is 0.253 e. The number of nitrogens with zero attached hydrogens (tertiary/aromatic N) is 2. The van der Waals surface area contributed by atoms with E-state index in [1.165, 1.54) is 12.8 Å². The summed E-state index contributed by atoms with van der Waals surface area (Å²) in [6.45, 7) is 3.41. The highest BCUT2D eigenvalue weighted by molar-refractivity contribution is 5.94. The third kappa shape index (κ3) is 3.73. The average molecular weight is 399 g/mol. The Labute approximate surface area is 171 Å². The molecule has 5 atom stereocenters. The van der Waals surface area contributed by atoms with Crippen LogP contribution in [0.2, 0.25) is 0 Å². The van der Waals surface area contributed by atoms with Gasteiger partial charge in [0, 0.05) is 50.8 Å². The number of nitrogens with one attached hydrogen (secondary N) is 2. The van der Waals surface area contributed by atoms with Gasteiger partial charge in [0.15, 0.2) is 5.96 Å². The van der Waals surface area contributed by atoms with E-state index in [0.717, 1.165) is 43.1 Å². The lowest BCUT2D eigenvalue weighted by Gasteiger charge is -2.23. The lowest BCUT2D eigenvalue weighted by molar-refractivity contribution is -0.124. The number of aliphatic imine (C=N–C) groups is 1. The third-order valence-corrected chi connectivity index (χ3v) is 6.83. The highest BCUT2D eigenvalue weighted by atomic mass is 16.5. The fourth-order valence-electron chi connectivity index (χ4n) is 5.41. The molecule has 4 aliphatic rings. The van der Waals surface area contributed by atoms with Crippen molar-refractivity contribution in [2.75, 3.05) is 32.1 Å². The molecule has 0 aliphatic carbocycles. The Morgan fingerprint density at radius 2 is 2.00 bits per heavy atom. The van der Waals surface area contributed by atoms with Gasteiger partial charge in [-0.3, -0.25) is 9.79 Å². The van der Waals surface area contributed by atoms with Crippen LogP contribution in [0.1, 0.15) is 31.2 Å². The van der Waals surface area contributed by atoms with Gasteiger partial charge in [0.25, 0.3) is 5.91 Å². The summed E-state index contributed by atoms with van der Waals surface area (Å²) >= 11 is 0. The molecule has 29 heavy (non-hydrogen) atoms. The van der Waals surface area contributed by atoms with Crippen LogP contribution in [-0.4, -0.2) is 61.8 Å². The van der Waals surface area contributed by atoms with Crippen molar-refractivity contribution in [3.8, 4) is 0 Å². The van der Waals surface area contributed by atoms with Crippen molar-refractivity contribution < 1.29 is 14.3 Å². The van der Waals surface area contributed by atoms with E-state index in [0.29, 0.717) is 37.2 Å². The van der Waals surface area contributed by atoms with E-state index in [4.69, 9.17) is 9.47 Å². The molecule has 0 radical (unpaired) electrons. The number of guanidine groups is 1. The molecule has 1 amide bonds. The molecule has 1 aromatic rings. The van der Waals surface area contributed by atoms with Gasteiger partial charge in [-0.05, 0) is 43.4 Å². The lowest BCUT2D eigenvalue weighted by atomic mass is 9.82. The molecule has 0 aromatic heterocycles. The maximum absolute atomic E-state index is 12.3. The summed E-state index contributed by atoms with van der Waals surface area (Å²) in [5, 5.41) is 6.48. The predicted octanol–water partition coefficient (Wildman–Crippen LogP) is 1.99. The fourth-order valence-corrected chi connectivity index (χ4v) is 5.41. The van der Waals surface area contributed by atoms with Crippen LogP contribution in [0, 0.1) is 11.8 Å². The van der Waals surface area contributed by atoms with Gasteiger partial charge < -0.3 is 25.0 Å². The first-order valence-corrected chi connectivity index (χ1v) is 10.8. The minimum atomic E-state index is -0.315. The van der Waals surface area contributed by atoms with Gasteiger partial charge in [0.1, 0.15) is 6.10 Å². The van der Waals surface area contributed by atoms with Crippen LogP contribution >= 0.6 is 0 Å². The van der Waals surface area contributed by atoms with Crippen LogP contribution in [0.4, 0.5) is 5.69 Å². The van der Waals surface area contributed by atoms with E-state index in [2.05, 4.69) is 26.6 Å². The van der Waals surface area contributed by atoms with E-state index in [1.54, 1.807) is 0 Å². The Morgan fingerprint density at radius 1 is 1.21 bits per heavy atom. The van der Waals surface area contributed by atoms with E-state index in [1.807, 2.05) is 25.2 Å². The molecular weight excluding hydrogens is 368 g/mol. The summed E-state index contributed by atoms with van der Waals surface area (Å²) in [7, 11) is 1.85. The van der Waals surface area contributed by atoms with Gasteiger partial charge in [-0.25, -0.2) is 0 Å². The molecule has 5 rings (SSSR count). The minimum Gasteiger partial charge on any atom is -0.374 e. The molecule has 0 spiro atoms. The maximum atomic E-state index is 12.3. The summed E-state index contributed by atoms with van der Waals surface area (Å²) in [4.78, 5) is 19.2. The first-order valence-electron chi connectivity index (χ1n) is 10.8. The van der Waals surface area contributed by atoms with Crippen LogP contribution in [0.25, 0.3) is 0 Å². The average Bonchev–Trinajstić information content (AvgIpc) is 3.51. The van der Waals surface area contributed by atoms with Gasteiger partial charge in [-0.15, -0.1) is 0 Å². The number of carbonyl (C=O) groups is 1. The molecular formula is C22H30N4O3. The summed E-state index contributed by atoms with van der Waals surface area (Å²) < 4.78 is 11.5. The first kappa shape index (κ1) is 18.9. The minimum absolute atomic E-state index is 0.0520. The van der Waals surface area contributed by atoms with Crippen LogP contribution < -0.4 is 10.6 Å². The fraction of sp³-hybridized carbons (Fsp3) is 0.636. The number of ether oxygens (including phenoxy) is 2. The number of amides is 1. The van der Waals surface area contributed by atoms with Crippen molar-refractivity contribution in [3.05, 3.63) is 29.8 Å². The molecule has 4 fully saturated rings. The van der Waals surface area contributed by atoms with Gasteiger partial charge in [-0.2, -0.15) is 0 Å². The van der Waals surface area contributed by atoms with Crippen molar-refractivity contribution in [1.29, 1.82) is 0 Å². The van der Waals surface area contributed by atoms with Crippen molar-refractivity contribution in [3.63, 3.8) is 0 Å². The molecule has 2 bridgehead atoms. The van der Waals surface area contributed by atoms with Gasteiger partial charge >= 0.3 is 0 Å². The second-order valence-electron chi connectivity index (χ2n) is 8.62. The van der Waals surface area contributed by atoms with Crippen LogP contribution in [0.15, 0.2) is 29.3 Å². The van der Waals surface area contributed by atoms with E-state index in [-0.39, 0.29) is 12.0 Å². The largest absolute Gasteiger partial charge is 0.374 e. The number of rotatable bonds is 4. The van der Waals surface area contributed by atoms with Crippen molar-refractivity contribution in [1.82, 2.24) is 10.2 Å². The summed E-state index contributed by atoms with van der Waals surface area (Å²) in [5.41, 5.74) is 1.92. The number of fused-ring (bicyclic) bond motifs is 5. The Morgan fingerprint density at radius 3 is 2.69 bits per heavy atom. The molecule has 4 heterocycles. The SMILES string of the molecule is CN=C(NCc1cccc(NC(=O)C2CCCO2)c1)N1CC2C3CCC(O3)C2C1. The highest BCUT2D eigenvalue weighted by Crippen LogP contribution is 2.47. The van der Waals surface area contributed by atoms with Gasteiger partial charge in [0.2, 0.25) is 0 Å². The second kappa shape index (κ2) is 7.95. The number of hydrogen-bond acceptors (Lipinski definition) is 4. The number of anilines is 1. The monoisotopic (exact) mass is 398 g/mol. The second-order valence-corrected chi connectivity index (χ2v) is 8.62. The Kier molecular flexibility index (Phi) is 5.18. The molecule has 0 saturated carbocycles. The number of likely N-dealkylation sites (tertiary alicyclic amines) is 1. The van der Waals surface area contributed by atoms with Crippen LogP contribution in [-0.2, 0) is 20.8 Å².